The Bertz CT molecular complexity index is 349. The lowest BCUT2D eigenvalue weighted by molar-refractivity contribution is 0.663. The number of benzene rings is 2. The Balaban J connectivity index is 1.81. The van der Waals surface area contributed by atoms with Crippen molar-refractivity contribution < 1.29 is 4.57 Å². The van der Waals surface area contributed by atoms with Crippen LogP contribution in [0.2, 0.25) is 0 Å². The summed E-state index contributed by atoms with van der Waals surface area (Å²) in [6, 6.07) is 20.4. The minimum absolute atomic E-state index is 0.676. The minimum Gasteiger partial charge on any atom is -0.497 e. The third kappa shape index (κ3) is 3.30. The number of rotatable bonds is 4. The second kappa shape index (κ2) is 5.42. The summed E-state index contributed by atoms with van der Waals surface area (Å²) in [5.41, 5.74) is 2.43. The van der Waals surface area contributed by atoms with Crippen molar-refractivity contribution in [3.05, 3.63) is 60.7 Å². The highest BCUT2D eigenvalue weighted by Gasteiger charge is 1.98. The van der Waals surface area contributed by atoms with Crippen LogP contribution in [0.25, 0.3) is 0 Å². The fourth-order valence-corrected chi connectivity index (χ4v) is 1.44. The number of hydrogen-bond donors (Lipinski definition) is 0. The zero-order valence-corrected chi connectivity index (χ0v) is 8.60. The third-order valence-electron chi connectivity index (χ3n) is 2.22. The molecule has 0 aliphatic carbocycles. The molecule has 0 saturated carbocycles. The molecule has 72 valence electrons. The Labute approximate surface area is 91.6 Å². The second-order valence-corrected chi connectivity index (χ2v) is 3.46. The van der Waals surface area contributed by atoms with Gasteiger partial charge in [0.1, 0.15) is 0 Å². The highest BCUT2D eigenvalue weighted by molar-refractivity contribution is 6.60. The SMILES string of the molecule is B(OBc1ccccc1)c1ccccc1. The van der Waals surface area contributed by atoms with E-state index in [1.807, 2.05) is 36.4 Å². The van der Waals surface area contributed by atoms with E-state index >= 15 is 0 Å². The van der Waals surface area contributed by atoms with Crippen molar-refractivity contribution in [3.8, 4) is 0 Å². The molecule has 15 heavy (non-hydrogen) atoms. The molecule has 0 spiro atoms. The van der Waals surface area contributed by atoms with Gasteiger partial charge in [0.25, 0.3) is 15.0 Å². The van der Waals surface area contributed by atoms with Gasteiger partial charge in [-0.05, 0) is 0 Å². The van der Waals surface area contributed by atoms with E-state index in [1.54, 1.807) is 0 Å². The van der Waals surface area contributed by atoms with Crippen molar-refractivity contribution in [2.24, 2.45) is 0 Å². The maximum Gasteiger partial charge on any atom is 0.292 e. The van der Waals surface area contributed by atoms with E-state index in [4.69, 9.17) is 4.57 Å². The topological polar surface area (TPSA) is 9.23 Å². The molecule has 0 saturated heterocycles. The van der Waals surface area contributed by atoms with E-state index in [9.17, 15) is 0 Å². The van der Waals surface area contributed by atoms with E-state index in [0.29, 0.717) is 15.0 Å². The van der Waals surface area contributed by atoms with Gasteiger partial charge in [-0.25, -0.2) is 0 Å². The zero-order chi connectivity index (χ0) is 10.3. The molecule has 2 aromatic rings. The molecule has 0 aliphatic rings. The standard InChI is InChI=1S/C12H12B2O/c1-3-7-11(8-4-1)13-15-14-12-9-5-2-6-10-12/h1-10,13-14H. The Morgan fingerprint density at radius 2 is 1.00 bits per heavy atom. The molecule has 0 fully saturated rings. The highest BCUT2D eigenvalue weighted by atomic mass is 16.4. The molecular formula is C12H12B2O. The quantitative estimate of drug-likeness (QED) is 0.638. The van der Waals surface area contributed by atoms with Crippen molar-refractivity contribution in [2.45, 2.75) is 0 Å². The summed E-state index contributed by atoms with van der Waals surface area (Å²) in [5.74, 6) is 0. The summed E-state index contributed by atoms with van der Waals surface area (Å²) < 4.78 is 5.61. The van der Waals surface area contributed by atoms with Crippen LogP contribution >= 0.6 is 0 Å². The molecule has 0 aromatic heterocycles. The van der Waals surface area contributed by atoms with Crippen molar-refractivity contribution in [3.63, 3.8) is 0 Å². The first-order valence-corrected chi connectivity index (χ1v) is 5.11. The van der Waals surface area contributed by atoms with Crippen molar-refractivity contribution >= 4 is 25.9 Å². The minimum atomic E-state index is 0.676. The smallest absolute Gasteiger partial charge is 0.292 e. The first-order chi connectivity index (χ1) is 7.45. The Morgan fingerprint density at radius 3 is 1.40 bits per heavy atom. The van der Waals surface area contributed by atoms with Crippen LogP contribution in [-0.4, -0.2) is 15.0 Å². The maximum atomic E-state index is 5.61. The number of hydrogen-bond acceptors (Lipinski definition) is 1. The van der Waals surface area contributed by atoms with Crippen LogP contribution in [0.3, 0.4) is 0 Å². The van der Waals surface area contributed by atoms with Crippen molar-refractivity contribution in [1.29, 1.82) is 0 Å². The summed E-state index contributed by atoms with van der Waals surface area (Å²) in [5, 5.41) is 0. The predicted molar refractivity (Wildman–Crippen MR) is 67.5 cm³/mol. The molecule has 0 aliphatic heterocycles. The Kier molecular flexibility index (Phi) is 3.64. The predicted octanol–water partition coefficient (Wildman–Crippen LogP) is 0.357. The van der Waals surface area contributed by atoms with Gasteiger partial charge in [0.2, 0.25) is 0 Å². The summed E-state index contributed by atoms with van der Waals surface area (Å²) in [4.78, 5) is 0. The molecule has 2 aromatic carbocycles. The lowest BCUT2D eigenvalue weighted by Crippen LogP contribution is -2.25. The third-order valence-corrected chi connectivity index (χ3v) is 2.22. The van der Waals surface area contributed by atoms with Gasteiger partial charge in [0.05, 0.1) is 0 Å². The van der Waals surface area contributed by atoms with Gasteiger partial charge in [-0.3, -0.25) is 0 Å². The van der Waals surface area contributed by atoms with Gasteiger partial charge < -0.3 is 4.57 Å². The van der Waals surface area contributed by atoms with Gasteiger partial charge in [-0.2, -0.15) is 0 Å². The fourth-order valence-electron chi connectivity index (χ4n) is 1.44. The van der Waals surface area contributed by atoms with Gasteiger partial charge in [0, 0.05) is 0 Å². The van der Waals surface area contributed by atoms with E-state index in [-0.39, 0.29) is 0 Å². The van der Waals surface area contributed by atoms with Gasteiger partial charge in [-0.1, -0.05) is 71.6 Å². The molecule has 0 N–H and O–H groups in total. The molecule has 0 heterocycles. The van der Waals surface area contributed by atoms with Crippen molar-refractivity contribution in [1.82, 2.24) is 0 Å². The van der Waals surface area contributed by atoms with Gasteiger partial charge >= 0.3 is 0 Å². The van der Waals surface area contributed by atoms with E-state index in [2.05, 4.69) is 24.3 Å². The summed E-state index contributed by atoms with van der Waals surface area (Å²) in [7, 11) is 1.35. The van der Waals surface area contributed by atoms with Crippen LogP contribution in [0.1, 0.15) is 0 Å². The average Bonchev–Trinajstić information content (AvgIpc) is 2.32. The molecule has 1 nitrogen and oxygen atoms in total. The van der Waals surface area contributed by atoms with Gasteiger partial charge in [0.15, 0.2) is 0 Å². The second-order valence-electron chi connectivity index (χ2n) is 3.46. The highest BCUT2D eigenvalue weighted by Crippen LogP contribution is 1.83. The molecule has 0 bridgehead atoms. The largest absolute Gasteiger partial charge is 0.497 e. The van der Waals surface area contributed by atoms with Crippen LogP contribution in [0.15, 0.2) is 60.7 Å². The van der Waals surface area contributed by atoms with E-state index in [1.165, 1.54) is 10.9 Å². The van der Waals surface area contributed by atoms with Crippen LogP contribution in [-0.2, 0) is 4.57 Å². The van der Waals surface area contributed by atoms with Crippen LogP contribution < -0.4 is 10.9 Å². The van der Waals surface area contributed by atoms with Gasteiger partial charge in [-0.15, -0.1) is 0 Å². The molecular weight excluding hydrogens is 182 g/mol. The molecule has 0 unspecified atom stereocenters. The van der Waals surface area contributed by atoms with Crippen LogP contribution in [0.5, 0.6) is 0 Å². The lowest BCUT2D eigenvalue weighted by atomic mass is 9.81. The van der Waals surface area contributed by atoms with Crippen LogP contribution in [0.4, 0.5) is 0 Å². The van der Waals surface area contributed by atoms with Crippen LogP contribution in [0, 0.1) is 0 Å². The summed E-state index contributed by atoms with van der Waals surface area (Å²) >= 11 is 0. The lowest BCUT2D eigenvalue weighted by Gasteiger charge is -2.01. The first-order valence-electron chi connectivity index (χ1n) is 5.11. The Morgan fingerprint density at radius 1 is 0.600 bits per heavy atom. The van der Waals surface area contributed by atoms with E-state index in [0.717, 1.165) is 0 Å². The summed E-state index contributed by atoms with van der Waals surface area (Å²) in [6.45, 7) is 0. The molecule has 2 rings (SSSR count). The molecule has 0 atom stereocenters. The maximum absolute atomic E-state index is 5.61. The normalized spacial score (nSPS) is 9.60. The molecule has 0 radical (unpaired) electrons. The van der Waals surface area contributed by atoms with E-state index < -0.39 is 0 Å². The first kappa shape index (κ1) is 10.1. The molecule has 0 amide bonds. The molecule has 3 heteroatoms. The Hall–Kier alpha value is -1.47. The monoisotopic (exact) mass is 194 g/mol. The van der Waals surface area contributed by atoms with Crippen molar-refractivity contribution in [2.75, 3.05) is 0 Å². The average molecular weight is 194 g/mol. The summed E-state index contributed by atoms with van der Waals surface area (Å²) in [6.07, 6.45) is 0. The fraction of sp³-hybridized carbons (Fsp3) is 0. The zero-order valence-electron chi connectivity index (χ0n) is 8.60.